The Morgan fingerprint density at radius 1 is 0.864 bits per heavy atom. The lowest BCUT2D eigenvalue weighted by Gasteiger charge is -2.06. The number of fused-ring (bicyclic) bond motifs is 1. The van der Waals surface area contributed by atoms with Crippen LogP contribution >= 0.6 is 0 Å². The van der Waals surface area contributed by atoms with Gasteiger partial charge in [0.2, 0.25) is 0 Å². The van der Waals surface area contributed by atoms with E-state index in [-0.39, 0.29) is 5.75 Å². The van der Waals surface area contributed by atoms with E-state index in [1.807, 2.05) is 28.8 Å². The third-order valence-electron chi connectivity index (χ3n) is 3.57. The average molecular weight is 288 g/mol. The monoisotopic (exact) mass is 288 g/mol. The fourth-order valence-electron chi connectivity index (χ4n) is 2.45. The number of rotatable bonds is 2. The van der Waals surface area contributed by atoms with Gasteiger partial charge in [-0.05, 0) is 42.0 Å². The molecule has 22 heavy (non-hydrogen) atoms. The lowest BCUT2D eigenvalue weighted by Crippen LogP contribution is -1.91. The second-order valence-electron chi connectivity index (χ2n) is 4.96. The molecule has 0 spiro atoms. The topological polar surface area (TPSA) is 63.8 Å². The molecule has 0 aliphatic rings. The summed E-state index contributed by atoms with van der Waals surface area (Å²) in [6.07, 6.45) is 6.87. The minimum atomic E-state index is 0.246. The lowest BCUT2D eigenvalue weighted by atomic mass is 10.1. The highest BCUT2D eigenvalue weighted by molar-refractivity contribution is 5.83. The van der Waals surface area contributed by atoms with Crippen molar-refractivity contribution in [3.8, 4) is 22.6 Å². The Hall–Kier alpha value is -3.21. The van der Waals surface area contributed by atoms with Crippen molar-refractivity contribution in [2.45, 2.75) is 0 Å². The molecule has 0 unspecified atom stereocenters. The molecule has 0 aliphatic heterocycles. The number of aromatic hydroxyl groups is 1. The number of hydrogen-bond donors (Lipinski definition) is 1. The third-order valence-corrected chi connectivity index (χ3v) is 3.57. The molecule has 0 radical (unpaired) electrons. The van der Waals surface area contributed by atoms with Crippen LogP contribution in [0.4, 0.5) is 0 Å². The van der Waals surface area contributed by atoms with Crippen LogP contribution in [-0.4, -0.2) is 24.6 Å². The van der Waals surface area contributed by atoms with Crippen molar-refractivity contribution >= 4 is 11.0 Å². The molecule has 0 bridgehead atoms. The molecule has 4 aromatic rings. The highest BCUT2D eigenvalue weighted by Crippen LogP contribution is 2.25. The zero-order valence-corrected chi connectivity index (χ0v) is 11.6. The molecule has 5 nitrogen and oxygen atoms in total. The van der Waals surface area contributed by atoms with Crippen molar-refractivity contribution in [1.29, 1.82) is 0 Å². The summed E-state index contributed by atoms with van der Waals surface area (Å²) >= 11 is 0. The second kappa shape index (κ2) is 4.96. The molecular weight excluding hydrogens is 276 g/mol. The third kappa shape index (κ3) is 2.09. The van der Waals surface area contributed by atoms with E-state index in [4.69, 9.17) is 0 Å². The summed E-state index contributed by atoms with van der Waals surface area (Å²) in [6, 6.07) is 13.1. The van der Waals surface area contributed by atoms with Crippen LogP contribution in [0.5, 0.6) is 5.75 Å². The van der Waals surface area contributed by atoms with Gasteiger partial charge in [0.25, 0.3) is 0 Å². The van der Waals surface area contributed by atoms with Crippen molar-refractivity contribution in [3.05, 3.63) is 67.5 Å². The van der Waals surface area contributed by atoms with Gasteiger partial charge < -0.3 is 5.11 Å². The molecular formula is C17H12N4O. The first-order valence-corrected chi connectivity index (χ1v) is 6.83. The summed E-state index contributed by atoms with van der Waals surface area (Å²) in [5.74, 6) is 0.246. The first-order chi connectivity index (χ1) is 10.8. The Balaban J connectivity index is 1.88. The van der Waals surface area contributed by atoms with Gasteiger partial charge in [0.05, 0.1) is 11.0 Å². The quantitative estimate of drug-likeness (QED) is 0.615. The van der Waals surface area contributed by atoms with Crippen molar-refractivity contribution < 1.29 is 5.11 Å². The predicted molar refractivity (Wildman–Crippen MR) is 83.8 cm³/mol. The molecule has 0 fully saturated rings. The van der Waals surface area contributed by atoms with E-state index >= 15 is 0 Å². The SMILES string of the molecule is Oc1ccc(-n2cnc3ccc(-c4cncnc4)cc32)cc1. The van der Waals surface area contributed by atoms with Gasteiger partial charge in [-0.3, -0.25) is 4.57 Å². The van der Waals surface area contributed by atoms with Gasteiger partial charge in [-0.25, -0.2) is 15.0 Å². The van der Waals surface area contributed by atoms with E-state index in [2.05, 4.69) is 21.0 Å². The van der Waals surface area contributed by atoms with Gasteiger partial charge in [-0.15, -0.1) is 0 Å². The maximum absolute atomic E-state index is 9.42. The van der Waals surface area contributed by atoms with E-state index in [9.17, 15) is 5.11 Å². The smallest absolute Gasteiger partial charge is 0.115 e. The molecule has 5 heteroatoms. The summed E-state index contributed by atoms with van der Waals surface area (Å²) in [6.45, 7) is 0. The number of phenols is 1. The Bertz CT molecular complexity index is 930. The molecule has 1 N–H and O–H groups in total. The van der Waals surface area contributed by atoms with E-state index in [0.717, 1.165) is 27.8 Å². The normalized spacial score (nSPS) is 10.9. The fraction of sp³-hybridized carbons (Fsp3) is 0. The van der Waals surface area contributed by atoms with Crippen molar-refractivity contribution in [1.82, 2.24) is 19.5 Å². The summed E-state index contributed by atoms with van der Waals surface area (Å²) < 4.78 is 1.99. The first kappa shape index (κ1) is 12.5. The number of benzene rings is 2. The summed E-state index contributed by atoms with van der Waals surface area (Å²) in [5, 5.41) is 9.42. The van der Waals surface area contributed by atoms with Gasteiger partial charge in [0, 0.05) is 23.6 Å². The largest absolute Gasteiger partial charge is 0.508 e. The highest BCUT2D eigenvalue weighted by Gasteiger charge is 2.07. The van der Waals surface area contributed by atoms with Crippen molar-refractivity contribution in [2.75, 3.05) is 0 Å². The van der Waals surface area contributed by atoms with Crippen LogP contribution in [0.3, 0.4) is 0 Å². The number of phenolic OH excluding ortho intramolecular Hbond substituents is 1. The first-order valence-electron chi connectivity index (χ1n) is 6.83. The van der Waals surface area contributed by atoms with Crippen LogP contribution in [0, 0.1) is 0 Å². The summed E-state index contributed by atoms with van der Waals surface area (Å²) in [4.78, 5) is 12.5. The Labute approximate surface area is 126 Å². The Kier molecular flexibility index (Phi) is 2.83. The van der Waals surface area contributed by atoms with Crippen molar-refractivity contribution in [3.63, 3.8) is 0 Å². The molecule has 2 aromatic heterocycles. The van der Waals surface area contributed by atoms with Gasteiger partial charge in [-0.1, -0.05) is 6.07 Å². The van der Waals surface area contributed by atoms with E-state index in [1.165, 1.54) is 6.33 Å². The van der Waals surface area contributed by atoms with Crippen LogP contribution in [0.25, 0.3) is 27.8 Å². The zero-order valence-electron chi connectivity index (χ0n) is 11.6. The lowest BCUT2D eigenvalue weighted by molar-refractivity contribution is 0.475. The van der Waals surface area contributed by atoms with Gasteiger partial charge >= 0.3 is 0 Å². The fourth-order valence-corrected chi connectivity index (χ4v) is 2.45. The summed E-state index contributed by atoms with van der Waals surface area (Å²) in [7, 11) is 0. The number of imidazole rings is 1. The molecule has 0 saturated carbocycles. The zero-order chi connectivity index (χ0) is 14.9. The van der Waals surface area contributed by atoms with Gasteiger partial charge in [0.1, 0.15) is 18.4 Å². The highest BCUT2D eigenvalue weighted by atomic mass is 16.3. The van der Waals surface area contributed by atoms with Crippen molar-refractivity contribution in [2.24, 2.45) is 0 Å². The predicted octanol–water partition coefficient (Wildman–Crippen LogP) is 3.19. The maximum atomic E-state index is 9.42. The second-order valence-corrected chi connectivity index (χ2v) is 4.96. The molecule has 2 aromatic carbocycles. The summed E-state index contributed by atoms with van der Waals surface area (Å²) in [5.41, 5.74) is 4.85. The number of aromatic nitrogens is 4. The van der Waals surface area contributed by atoms with Crippen LogP contribution in [-0.2, 0) is 0 Å². The Morgan fingerprint density at radius 2 is 1.64 bits per heavy atom. The number of hydrogen-bond acceptors (Lipinski definition) is 4. The van der Waals surface area contributed by atoms with Crippen LogP contribution in [0.2, 0.25) is 0 Å². The molecule has 0 aliphatic carbocycles. The maximum Gasteiger partial charge on any atom is 0.115 e. The Morgan fingerprint density at radius 3 is 2.41 bits per heavy atom. The average Bonchev–Trinajstić information content (AvgIpc) is 2.99. The molecule has 4 rings (SSSR count). The van der Waals surface area contributed by atoms with Crippen LogP contribution in [0.1, 0.15) is 0 Å². The minimum Gasteiger partial charge on any atom is -0.508 e. The van der Waals surface area contributed by atoms with Crippen LogP contribution < -0.4 is 0 Å². The van der Waals surface area contributed by atoms with E-state index < -0.39 is 0 Å². The molecule has 0 atom stereocenters. The van der Waals surface area contributed by atoms with Crippen LogP contribution in [0.15, 0.2) is 67.5 Å². The van der Waals surface area contributed by atoms with Gasteiger partial charge in [0.15, 0.2) is 0 Å². The number of nitrogens with zero attached hydrogens (tertiary/aromatic N) is 4. The molecule has 2 heterocycles. The molecule has 0 saturated heterocycles. The van der Waals surface area contributed by atoms with E-state index in [0.29, 0.717) is 0 Å². The van der Waals surface area contributed by atoms with Gasteiger partial charge in [-0.2, -0.15) is 0 Å². The molecule has 106 valence electrons. The van der Waals surface area contributed by atoms with E-state index in [1.54, 1.807) is 30.9 Å². The molecule has 0 amide bonds. The minimum absolute atomic E-state index is 0.246. The standard InChI is InChI=1S/C17H12N4O/c22-15-4-2-14(3-5-15)21-11-20-16-6-1-12(7-17(16)21)13-8-18-10-19-9-13/h1-11,22H.